The van der Waals surface area contributed by atoms with Crippen molar-refractivity contribution in [1.82, 2.24) is 26.0 Å². The summed E-state index contributed by atoms with van der Waals surface area (Å²) < 4.78 is 13.5. The number of nitrogens with one attached hydrogen (secondary N) is 3. The lowest BCUT2D eigenvalue weighted by Crippen LogP contribution is -2.45. The van der Waals surface area contributed by atoms with Crippen molar-refractivity contribution in [3.05, 3.63) is 82.7 Å². The molecule has 40 heavy (non-hydrogen) atoms. The van der Waals surface area contributed by atoms with Crippen LogP contribution in [0, 0.1) is 24.1 Å². The van der Waals surface area contributed by atoms with Crippen LogP contribution in [0.1, 0.15) is 79.6 Å². The van der Waals surface area contributed by atoms with E-state index in [4.69, 9.17) is 11.7 Å². The van der Waals surface area contributed by atoms with Crippen LogP contribution in [0.4, 0.5) is 4.39 Å². The van der Waals surface area contributed by atoms with E-state index < -0.39 is 11.8 Å². The van der Waals surface area contributed by atoms with Crippen molar-refractivity contribution in [1.29, 1.82) is 0 Å². The van der Waals surface area contributed by atoms with Crippen molar-refractivity contribution in [3.8, 4) is 0 Å². The van der Waals surface area contributed by atoms with E-state index in [2.05, 4.69) is 51.9 Å². The van der Waals surface area contributed by atoms with E-state index >= 15 is 0 Å². The number of halogens is 1. The normalized spacial score (nSPS) is 20.7. The molecule has 216 valence electrons. The molecule has 1 aromatic heterocycles. The molecule has 0 bridgehead atoms. The number of nitrogens with zero attached hydrogens (tertiary/aromatic N) is 3. The highest BCUT2D eigenvalue weighted by atomic mass is 19.1. The van der Waals surface area contributed by atoms with Gasteiger partial charge in [-0.15, -0.1) is 0 Å². The number of hydrogen-bond donors (Lipinski definition) is 5. The molecule has 10 nitrogen and oxygen atoms in total. The number of nitrogens with two attached hydrogens (primary N) is 2. The zero-order valence-electron chi connectivity index (χ0n) is 24.1. The fraction of sp³-hybridized carbons (Fsp3) is 0.414. The van der Waals surface area contributed by atoms with Gasteiger partial charge in [-0.25, -0.2) is 20.2 Å². The standard InChI is InChI=1S/C27H35FN8O2.C2H6/c1-16-10-19(24(35-29)36-30)6-5-7-23(27(3,4)13-16)34-26(38)22-12-21(32-15-33-22)25(37)31-14-18-8-9-20(28)17(2)11-18;1-2/h5-6,8-12,15-16,23H,7,13-14,29-30H2,1-4H3,(H,31,37)(H,34,38)(H,35,36);1-2H3/b6-5-,19-10+;. The quantitative estimate of drug-likeness (QED) is 0.158. The van der Waals surface area contributed by atoms with Gasteiger partial charge in [-0.1, -0.05) is 65.0 Å². The maximum absolute atomic E-state index is 13.5. The van der Waals surface area contributed by atoms with Crippen LogP contribution in [0.15, 0.2) is 59.5 Å². The number of hydrazine groups is 1. The van der Waals surface area contributed by atoms with E-state index in [0.29, 0.717) is 17.8 Å². The van der Waals surface area contributed by atoms with Crippen LogP contribution in [-0.2, 0) is 6.54 Å². The number of allylic oxidation sites excluding steroid dienone is 1. The molecule has 0 spiro atoms. The number of amides is 2. The van der Waals surface area contributed by atoms with Gasteiger partial charge in [0.15, 0.2) is 5.84 Å². The van der Waals surface area contributed by atoms with Gasteiger partial charge in [0.2, 0.25) is 0 Å². The summed E-state index contributed by atoms with van der Waals surface area (Å²) in [6.45, 7) is 12.1. The van der Waals surface area contributed by atoms with Crippen LogP contribution < -0.4 is 27.7 Å². The molecule has 1 heterocycles. The Morgan fingerprint density at radius 3 is 2.45 bits per heavy atom. The van der Waals surface area contributed by atoms with Gasteiger partial charge in [-0.3, -0.25) is 9.59 Å². The van der Waals surface area contributed by atoms with Crippen LogP contribution in [0.5, 0.6) is 0 Å². The van der Waals surface area contributed by atoms with Crippen LogP contribution in [0.3, 0.4) is 0 Å². The second kappa shape index (κ2) is 14.9. The number of benzene rings is 1. The minimum atomic E-state index is -0.465. The van der Waals surface area contributed by atoms with Crippen molar-refractivity contribution in [2.45, 2.75) is 67.0 Å². The molecule has 1 aromatic carbocycles. The smallest absolute Gasteiger partial charge is 0.270 e. The molecule has 0 radical (unpaired) electrons. The Labute approximate surface area is 235 Å². The molecule has 0 aliphatic heterocycles. The highest BCUT2D eigenvalue weighted by Crippen LogP contribution is 2.33. The molecule has 2 atom stereocenters. The summed E-state index contributed by atoms with van der Waals surface area (Å²) in [6.07, 6.45) is 8.35. The van der Waals surface area contributed by atoms with Crippen molar-refractivity contribution in [2.75, 3.05) is 0 Å². The van der Waals surface area contributed by atoms with E-state index in [1.165, 1.54) is 18.5 Å². The minimum absolute atomic E-state index is 0.0583. The van der Waals surface area contributed by atoms with E-state index in [-0.39, 0.29) is 41.1 Å². The lowest BCUT2D eigenvalue weighted by atomic mass is 9.76. The van der Waals surface area contributed by atoms with Crippen LogP contribution in [-0.4, -0.2) is 33.7 Å². The lowest BCUT2D eigenvalue weighted by molar-refractivity contribution is 0.0879. The molecule has 11 heteroatoms. The zero-order chi connectivity index (χ0) is 29.9. The molecular weight excluding hydrogens is 511 g/mol. The molecule has 1 aliphatic rings. The average molecular weight is 553 g/mol. The van der Waals surface area contributed by atoms with E-state index in [1.807, 2.05) is 32.1 Å². The van der Waals surface area contributed by atoms with Gasteiger partial charge in [0, 0.05) is 24.2 Å². The van der Waals surface area contributed by atoms with Crippen LogP contribution in [0.25, 0.3) is 0 Å². The van der Waals surface area contributed by atoms with Crippen molar-refractivity contribution in [2.24, 2.45) is 28.1 Å². The summed E-state index contributed by atoms with van der Waals surface area (Å²) in [5.74, 6) is 10.3. The van der Waals surface area contributed by atoms with Crippen LogP contribution >= 0.6 is 0 Å². The first-order valence-corrected chi connectivity index (χ1v) is 13.3. The van der Waals surface area contributed by atoms with E-state index in [0.717, 1.165) is 17.6 Å². The summed E-state index contributed by atoms with van der Waals surface area (Å²) in [5.41, 5.74) is 4.38. The highest BCUT2D eigenvalue weighted by Gasteiger charge is 2.32. The maximum Gasteiger partial charge on any atom is 0.270 e. The van der Waals surface area contributed by atoms with Gasteiger partial charge in [0.25, 0.3) is 11.8 Å². The number of amidine groups is 1. The predicted octanol–water partition coefficient (Wildman–Crippen LogP) is 3.65. The molecule has 2 amide bonds. The van der Waals surface area contributed by atoms with Gasteiger partial charge >= 0.3 is 0 Å². The predicted molar refractivity (Wildman–Crippen MR) is 155 cm³/mol. The number of aromatic nitrogens is 2. The maximum atomic E-state index is 13.5. The monoisotopic (exact) mass is 552 g/mol. The highest BCUT2D eigenvalue weighted by molar-refractivity contribution is 6.00. The lowest BCUT2D eigenvalue weighted by Gasteiger charge is -2.35. The van der Waals surface area contributed by atoms with Gasteiger partial charge in [0.1, 0.15) is 23.5 Å². The third kappa shape index (κ3) is 8.70. The Bertz CT molecular complexity index is 1270. The summed E-state index contributed by atoms with van der Waals surface area (Å²) >= 11 is 0. The van der Waals surface area contributed by atoms with E-state index in [1.54, 1.807) is 19.1 Å². The number of rotatable bonds is 6. The second-order valence-electron chi connectivity index (χ2n) is 10.1. The number of carbonyl (C=O) groups is 2. The Morgan fingerprint density at radius 2 is 1.82 bits per heavy atom. The number of hydrazone groups is 1. The Morgan fingerprint density at radius 1 is 1.15 bits per heavy atom. The Hall–Kier alpha value is -4.12. The van der Waals surface area contributed by atoms with Crippen molar-refractivity contribution < 1.29 is 14.0 Å². The van der Waals surface area contributed by atoms with Crippen LogP contribution in [0.2, 0.25) is 0 Å². The molecule has 2 aromatic rings. The summed E-state index contributed by atoms with van der Waals surface area (Å²) in [5, 5.41) is 9.52. The topological polar surface area (TPSA) is 160 Å². The number of hydrogen-bond acceptors (Lipinski definition) is 7. The van der Waals surface area contributed by atoms with Gasteiger partial charge in [0.05, 0.1) is 0 Å². The zero-order valence-corrected chi connectivity index (χ0v) is 24.1. The first-order chi connectivity index (χ1) is 19.0. The molecule has 0 fully saturated rings. The number of carbonyl (C=O) groups excluding carboxylic acids is 2. The third-order valence-electron chi connectivity index (χ3n) is 6.58. The first kappa shape index (κ1) is 32.1. The average Bonchev–Trinajstić information content (AvgIpc) is 2.98. The molecule has 1 aliphatic carbocycles. The fourth-order valence-electron chi connectivity index (χ4n) is 4.58. The van der Waals surface area contributed by atoms with Gasteiger partial charge < -0.3 is 21.9 Å². The Balaban J connectivity index is 0.00000274. The number of aryl methyl sites for hydroxylation is 1. The van der Waals surface area contributed by atoms with Crippen molar-refractivity contribution >= 4 is 17.6 Å². The second-order valence-corrected chi connectivity index (χ2v) is 10.1. The minimum Gasteiger partial charge on any atom is -0.347 e. The first-order valence-electron chi connectivity index (χ1n) is 13.3. The third-order valence-corrected chi connectivity index (χ3v) is 6.58. The SMILES string of the molecule is CC.Cc1cc(CNC(=O)c2cc(C(=O)NC3C\C=C/C(C(=N/N)/NN)=C\C(C)CC3(C)C)ncn2)ccc1F. The van der Waals surface area contributed by atoms with E-state index in [9.17, 15) is 14.0 Å². The Kier molecular flexibility index (Phi) is 11.9. The largest absolute Gasteiger partial charge is 0.347 e. The van der Waals surface area contributed by atoms with Crippen molar-refractivity contribution in [3.63, 3.8) is 0 Å². The summed E-state index contributed by atoms with van der Waals surface area (Å²) in [7, 11) is 0. The molecule has 7 N–H and O–H groups in total. The van der Waals surface area contributed by atoms with Gasteiger partial charge in [-0.2, -0.15) is 5.10 Å². The molecule has 0 saturated carbocycles. The summed E-state index contributed by atoms with van der Waals surface area (Å²) in [6, 6.07) is 5.76. The summed E-state index contributed by atoms with van der Waals surface area (Å²) in [4.78, 5) is 34.0. The molecular formula is C29H41FN8O2. The molecule has 3 rings (SSSR count). The molecule has 2 unspecified atom stereocenters. The van der Waals surface area contributed by atoms with Gasteiger partial charge in [-0.05, 0) is 48.3 Å². The molecule has 0 saturated heterocycles. The fourth-order valence-corrected chi connectivity index (χ4v) is 4.58.